The van der Waals surface area contributed by atoms with Crippen molar-refractivity contribution in [2.24, 2.45) is 0 Å². The van der Waals surface area contributed by atoms with E-state index in [-0.39, 0.29) is 41.0 Å². The van der Waals surface area contributed by atoms with Gasteiger partial charge in [0.25, 0.3) is 5.69 Å². The number of allylic oxidation sites excluding steroid dienone is 2. The minimum absolute atomic E-state index is 0.0283. The number of nitriles is 2. The third kappa shape index (κ3) is 4.26. The monoisotopic (exact) mass is 539 g/mol. The largest absolute Gasteiger partial charge is 0.507 e. The Morgan fingerprint density at radius 2 is 1.63 bits per heavy atom. The lowest BCUT2D eigenvalue weighted by Gasteiger charge is -2.14. The molecule has 0 spiro atoms. The Kier molecular flexibility index (Phi) is 6.06. The van der Waals surface area contributed by atoms with Crippen LogP contribution in [0.2, 0.25) is 0 Å². The molecule has 1 N–H and O–H groups in total. The summed E-state index contributed by atoms with van der Waals surface area (Å²) in [5, 5.41) is 43.9. The second kappa shape index (κ2) is 9.88. The lowest BCUT2D eigenvalue weighted by atomic mass is 9.92. The van der Waals surface area contributed by atoms with Gasteiger partial charge in [0.2, 0.25) is 0 Å². The van der Waals surface area contributed by atoms with Crippen LogP contribution in [0.5, 0.6) is 5.75 Å². The Balaban J connectivity index is 1.55. The Labute approximate surface area is 230 Å². The van der Waals surface area contributed by atoms with Crippen LogP contribution in [0.15, 0.2) is 87.6 Å². The average molecular weight is 540 g/mol. The number of hydrogen-bond acceptors (Lipinski definition) is 9. The van der Waals surface area contributed by atoms with E-state index in [9.17, 15) is 30.5 Å². The van der Waals surface area contributed by atoms with Crippen molar-refractivity contribution in [1.29, 1.82) is 10.5 Å². The number of aromatic hydroxyl groups is 1. The molecule has 0 aliphatic carbocycles. The second-order valence-corrected chi connectivity index (χ2v) is 9.29. The van der Waals surface area contributed by atoms with Crippen LogP contribution >= 0.6 is 0 Å². The van der Waals surface area contributed by atoms with Gasteiger partial charge in [0.15, 0.2) is 0 Å². The number of aryl methyl sites for hydroxylation is 1. The molecule has 10 nitrogen and oxygen atoms in total. The highest BCUT2D eigenvalue weighted by atomic mass is 16.6. The van der Waals surface area contributed by atoms with Crippen molar-refractivity contribution in [3.63, 3.8) is 0 Å². The summed E-state index contributed by atoms with van der Waals surface area (Å²) in [6.45, 7) is 0. The molecule has 0 radical (unpaired) electrons. The van der Waals surface area contributed by atoms with Gasteiger partial charge in [0.1, 0.15) is 29.0 Å². The van der Waals surface area contributed by atoms with Crippen LogP contribution < -0.4 is 5.63 Å². The zero-order chi connectivity index (χ0) is 28.7. The van der Waals surface area contributed by atoms with Gasteiger partial charge in [-0.1, -0.05) is 42.5 Å². The average Bonchev–Trinajstić information content (AvgIpc) is 2.99. The quantitative estimate of drug-likeness (QED) is 0.0680. The fourth-order valence-electron chi connectivity index (χ4n) is 5.04. The van der Waals surface area contributed by atoms with Gasteiger partial charge in [-0.25, -0.2) is 14.8 Å². The van der Waals surface area contributed by atoms with Crippen LogP contribution in [0.4, 0.5) is 5.69 Å². The molecule has 2 aromatic heterocycles. The number of nitro groups is 1. The zero-order valence-corrected chi connectivity index (χ0v) is 21.2. The molecule has 0 fully saturated rings. The third-order valence-electron chi connectivity index (χ3n) is 6.98. The van der Waals surface area contributed by atoms with Crippen LogP contribution in [0.1, 0.15) is 17.5 Å². The molecule has 0 amide bonds. The van der Waals surface area contributed by atoms with Crippen LogP contribution in [-0.2, 0) is 6.42 Å². The Bertz CT molecular complexity index is 2240. The van der Waals surface area contributed by atoms with Gasteiger partial charge in [-0.2, -0.15) is 10.5 Å². The fraction of sp³-hybridized carbons (Fsp3) is 0.0645. The van der Waals surface area contributed by atoms with Crippen molar-refractivity contribution in [3.05, 3.63) is 110 Å². The van der Waals surface area contributed by atoms with Crippen molar-refractivity contribution >= 4 is 55.1 Å². The summed E-state index contributed by atoms with van der Waals surface area (Å²) in [5.74, 6) is -0.0518. The van der Waals surface area contributed by atoms with Crippen molar-refractivity contribution in [2.45, 2.75) is 12.8 Å². The van der Waals surface area contributed by atoms with Gasteiger partial charge in [-0.15, -0.1) is 0 Å². The molecule has 196 valence electrons. The van der Waals surface area contributed by atoms with Gasteiger partial charge in [-0.05, 0) is 36.6 Å². The number of nitrogens with zero attached hydrogens (tertiary/aromatic N) is 5. The van der Waals surface area contributed by atoms with Crippen molar-refractivity contribution < 1.29 is 14.4 Å². The van der Waals surface area contributed by atoms with E-state index in [1.54, 1.807) is 54.6 Å². The molecule has 0 aliphatic heterocycles. The normalized spacial score (nSPS) is 11.0. The molecule has 0 unspecified atom stereocenters. The fourth-order valence-corrected chi connectivity index (χ4v) is 5.04. The minimum Gasteiger partial charge on any atom is -0.507 e. The lowest BCUT2D eigenvalue weighted by Crippen LogP contribution is -2.09. The molecular formula is C31H17N5O5. The number of phenols is 1. The summed E-state index contributed by atoms with van der Waals surface area (Å²) in [6.07, 6.45) is 0.120. The van der Waals surface area contributed by atoms with E-state index in [1.165, 1.54) is 18.2 Å². The summed E-state index contributed by atoms with van der Waals surface area (Å²) < 4.78 is 5.46. The Morgan fingerprint density at radius 1 is 0.927 bits per heavy atom. The molecule has 0 atom stereocenters. The first-order valence-electron chi connectivity index (χ1n) is 12.4. The predicted octanol–water partition coefficient (Wildman–Crippen LogP) is 6.09. The molecule has 0 saturated carbocycles. The van der Waals surface area contributed by atoms with Gasteiger partial charge in [0.05, 0.1) is 32.6 Å². The van der Waals surface area contributed by atoms with Crippen LogP contribution in [0.25, 0.3) is 49.4 Å². The first-order chi connectivity index (χ1) is 19.9. The maximum absolute atomic E-state index is 13.0. The molecule has 41 heavy (non-hydrogen) atoms. The van der Waals surface area contributed by atoms with E-state index >= 15 is 0 Å². The van der Waals surface area contributed by atoms with Crippen molar-refractivity contribution in [1.82, 2.24) is 9.97 Å². The molecule has 4 aromatic carbocycles. The molecule has 10 heteroatoms. The molecule has 6 rings (SSSR count). The standard InChI is InChI=1S/C31H17N5O5/c32-15-18(16-33)20(24-13-17-5-1-4-8-27(17)41-31(24)38)10-11-23-29-28(21-6-2-3-7-22(21)30(23)37)35-26-14-19(36(39)40)9-12-25(26)34-29/h1-9,12-14,37H,10-11H2. The number of nitro benzene ring substituents is 1. The number of hydrogen-bond donors (Lipinski definition) is 1. The lowest BCUT2D eigenvalue weighted by molar-refractivity contribution is -0.384. The number of para-hydroxylation sites is 1. The van der Waals surface area contributed by atoms with Crippen molar-refractivity contribution in [2.75, 3.05) is 0 Å². The van der Waals surface area contributed by atoms with Gasteiger partial charge in [-0.3, -0.25) is 10.1 Å². The molecule has 0 aliphatic rings. The van der Waals surface area contributed by atoms with Crippen LogP contribution in [0, 0.1) is 32.8 Å². The summed E-state index contributed by atoms with van der Waals surface area (Å²) >= 11 is 0. The summed E-state index contributed by atoms with van der Waals surface area (Å²) in [4.78, 5) is 33.2. The second-order valence-electron chi connectivity index (χ2n) is 9.29. The van der Waals surface area contributed by atoms with E-state index in [2.05, 4.69) is 0 Å². The highest BCUT2D eigenvalue weighted by molar-refractivity contribution is 6.10. The molecule has 0 saturated heterocycles. The first-order valence-corrected chi connectivity index (χ1v) is 12.4. The van der Waals surface area contributed by atoms with E-state index in [0.717, 1.165) is 0 Å². The Morgan fingerprint density at radius 3 is 2.39 bits per heavy atom. The molecule has 0 bridgehead atoms. The highest BCUT2D eigenvalue weighted by Gasteiger charge is 2.21. The number of non-ortho nitro benzene ring substituents is 1. The SMILES string of the molecule is N#CC(C#N)=C(CCc1c(O)c2ccccc2c2nc3cc([N+](=O)[O-])ccc3nc12)c1cc2ccccc2oc1=O. The first kappa shape index (κ1) is 25.2. The number of aromatic nitrogens is 2. The van der Waals surface area contributed by atoms with E-state index in [4.69, 9.17) is 14.4 Å². The smallest absolute Gasteiger partial charge is 0.343 e. The molecular weight excluding hydrogens is 522 g/mol. The Hall–Kier alpha value is -6.13. The summed E-state index contributed by atoms with van der Waals surface area (Å²) in [5.41, 5.74) is 1.46. The zero-order valence-electron chi connectivity index (χ0n) is 21.2. The highest BCUT2D eigenvalue weighted by Crippen LogP contribution is 2.38. The van der Waals surface area contributed by atoms with Gasteiger partial charge in [0, 0.05) is 33.9 Å². The number of phenolic OH excluding ortho intramolecular Hbond substituents is 1. The summed E-state index contributed by atoms with van der Waals surface area (Å²) in [6, 6.07) is 23.4. The predicted molar refractivity (Wildman–Crippen MR) is 152 cm³/mol. The van der Waals surface area contributed by atoms with E-state index in [0.29, 0.717) is 49.4 Å². The van der Waals surface area contributed by atoms with Gasteiger partial charge >= 0.3 is 5.63 Å². The van der Waals surface area contributed by atoms with E-state index in [1.807, 2.05) is 12.1 Å². The molecule has 6 aromatic rings. The van der Waals surface area contributed by atoms with Gasteiger partial charge < -0.3 is 9.52 Å². The maximum Gasteiger partial charge on any atom is 0.343 e. The summed E-state index contributed by atoms with van der Waals surface area (Å²) in [7, 11) is 0. The topological polar surface area (TPSA) is 167 Å². The van der Waals surface area contributed by atoms with Crippen LogP contribution in [-0.4, -0.2) is 20.0 Å². The van der Waals surface area contributed by atoms with Crippen molar-refractivity contribution in [3.8, 4) is 17.9 Å². The third-order valence-corrected chi connectivity index (χ3v) is 6.98. The molecule has 2 heterocycles. The van der Waals surface area contributed by atoms with E-state index < -0.39 is 10.5 Å². The van der Waals surface area contributed by atoms with Crippen LogP contribution in [0.3, 0.4) is 0 Å². The minimum atomic E-state index is -0.693. The number of fused-ring (bicyclic) bond motifs is 5. The number of benzene rings is 4. The number of rotatable bonds is 5. The maximum atomic E-state index is 13.0.